The third kappa shape index (κ3) is 2.43. The number of para-hydroxylation sites is 1. The van der Waals surface area contributed by atoms with Crippen molar-refractivity contribution < 1.29 is 8.81 Å². The average molecular weight is 334 g/mol. The molecule has 0 spiro atoms. The molecule has 1 heterocycles. The van der Waals surface area contributed by atoms with Crippen LogP contribution >= 0.6 is 15.9 Å². The molecule has 3 rings (SSSR count). The lowest BCUT2D eigenvalue weighted by Crippen LogP contribution is -2.00. The van der Waals surface area contributed by atoms with E-state index in [-0.39, 0.29) is 5.82 Å². The van der Waals surface area contributed by atoms with Gasteiger partial charge >= 0.3 is 0 Å². The smallest absolute Gasteiger partial charge is 0.139 e. The van der Waals surface area contributed by atoms with Crippen molar-refractivity contribution >= 4 is 32.6 Å². The van der Waals surface area contributed by atoms with Crippen LogP contribution in [0.2, 0.25) is 0 Å². The lowest BCUT2D eigenvalue weighted by atomic mass is 10.1. The zero-order valence-corrected chi connectivity index (χ0v) is 12.5. The molecule has 0 saturated carbocycles. The minimum absolute atomic E-state index is 0.274. The molecule has 0 fully saturated rings. The summed E-state index contributed by atoms with van der Waals surface area (Å²) in [4.78, 5) is 0. The molecule has 1 N–H and O–H groups in total. The van der Waals surface area contributed by atoms with E-state index in [0.717, 1.165) is 28.0 Å². The zero-order chi connectivity index (χ0) is 14.1. The highest BCUT2D eigenvalue weighted by molar-refractivity contribution is 9.10. The van der Waals surface area contributed by atoms with E-state index in [1.807, 2.05) is 37.3 Å². The first-order chi connectivity index (χ1) is 9.65. The summed E-state index contributed by atoms with van der Waals surface area (Å²) in [6.07, 6.45) is 0. The first-order valence-corrected chi connectivity index (χ1v) is 7.10. The summed E-state index contributed by atoms with van der Waals surface area (Å²) in [7, 11) is 0. The van der Waals surface area contributed by atoms with E-state index in [9.17, 15) is 4.39 Å². The first-order valence-electron chi connectivity index (χ1n) is 6.31. The molecule has 0 aliphatic rings. The summed E-state index contributed by atoms with van der Waals surface area (Å²) in [6.45, 7) is 2.54. The number of rotatable bonds is 3. The molecule has 102 valence electrons. The fourth-order valence-corrected chi connectivity index (χ4v) is 2.48. The van der Waals surface area contributed by atoms with Gasteiger partial charge in [-0.1, -0.05) is 18.2 Å². The number of anilines is 1. The Hall–Kier alpha value is -1.81. The third-order valence-electron chi connectivity index (χ3n) is 3.29. The first kappa shape index (κ1) is 13.2. The molecule has 0 saturated heterocycles. The predicted octanol–water partition coefficient (Wildman–Crippen LogP) is 5.25. The number of benzene rings is 2. The number of nitrogens with one attached hydrogen (secondary N) is 1. The lowest BCUT2D eigenvalue weighted by Gasteiger charge is -2.07. The largest absolute Gasteiger partial charge is 0.461 e. The fourth-order valence-electron chi connectivity index (χ4n) is 2.24. The Kier molecular flexibility index (Phi) is 3.49. The molecule has 1 aromatic heterocycles. The van der Waals surface area contributed by atoms with Gasteiger partial charge in [-0.2, -0.15) is 0 Å². The Balaban J connectivity index is 1.86. The second-order valence-electron chi connectivity index (χ2n) is 4.62. The van der Waals surface area contributed by atoms with Crippen LogP contribution in [0.5, 0.6) is 0 Å². The van der Waals surface area contributed by atoms with Crippen molar-refractivity contribution in [3.63, 3.8) is 0 Å². The van der Waals surface area contributed by atoms with Crippen LogP contribution < -0.4 is 5.32 Å². The number of fused-ring (bicyclic) bond motifs is 1. The highest BCUT2D eigenvalue weighted by Crippen LogP contribution is 2.26. The Morgan fingerprint density at radius 1 is 1.20 bits per heavy atom. The monoisotopic (exact) mass is 333 g/mol. The molecule has 0 aliphatic carbocycles. The molecule has 4 heteroatoms. The van der Waals surface area contributed by atoms with Gasteiger partial charge in [0.1, 0.15) is 17.2 Å². The van der Waals surface area contributed by atoms with Crippen molar-refractivity contribution in [2.45, 2.75) is 13.5 Å². The van der Waals surface area contributed by atoms with E-state index < -0.39 is 0 Å². The summed E-state index contributed by atoms with van der Waals surface area (Å²) in [5.41, 5.74) is 2.73. The molecular weight excluding hydrogens is 321 g/mol. The standard InChI is InChI=1S/C16H13BrFNO/c1-10-13(12-4-2-3-5-16(12)20-10)9-19-11-6-7-14(17)15(18)8-11/h2-8,19H,9H2,1H3. The van der Waals surface area contributed by atoms with Crippen LogP contribution in [0.1, 0.15) is 11.3 Å². The van der Waals surface area contributed by atoms with Crippen LogP contribution in [0.4, 0.5) is 10.1 Å². The van der Waals surface area contributed by atoms with Crippen molar-refractivity contribution in [1.29, 1.82) is 0 Å². The maximum absolute atomic E-state index is 13.5. The van der Waals surface area contributed by atoms with Crippen molar-refractivity contribution in [1.82, 2.24) is 0 Å². The average Bonchev–Trinajstić information content (AvgIpc) is 2.76. The maximum atomic E-state index is 13.5. The summed E-state index contributed by atoms with van der Waals surface area (Å²) in [5.74, 6) is 0.611. The van der Waals surface area contributed by atoms with Gasteiger partial charge < -0.3 is 9.73 Å². The van der Waals surface area contributed by atoms with Gasteiger partial charge in [-0.25, -0.2) is 4.39 Å². The second kappa shape index (κ2) is 5.29. The summed E-state index contributed by atoms with van der Waals surface area (Å²) >= 11 is 3.15. The van der Waals surface area contributed by atoms with Crippen LogP contribution in [0, 0.1) is 12.7 Å². The molecule has 0 radical (unpaired) electrons. The zero-order valence-electron chi connectivity index (χ0n) is 10.9. The Morgan fingerprint density at radius 3 is 2.80 bits per heavy atom. The summed E-state index contributed by atoms with van der Waals surface area (Å²) < 4.78 is 19.6. The van der Waals surface area contributed by atoms with E-state index in [1.54, 1.807) is 6.07 Å². The molecule has 3 aromatic rings. The van der Waals surface area contributed by atoms with Crippen LogP contribution in [-0.4, -0.2) is 0 Å². The number of hydrogen-bond donors (Lipinski definition) is 1. The molecule has 0 amide bonds. The molecule has 0 unspecified atom stereocenters. The van der Waals surface area contributed by atoms with Gasteiger partial charge in [-0.15, -0.1) is 0 Å². The van der Waals surface area contributed by atoms with Gasteiger partial charge in [0.15, 0.2) is 0 Å². The van der Waals surface area contributed by atoms with Gasteiger partial charge in [0.25, 0.3) is 0 Å². The molecule has 2 nitrogen and oxygen atoms in total. The minimum atomic E-state index is -0.274. The number of halogens is 2. The van der Waals surface area contributed by atoms with E-state index in [2.05, 4.69) is 21.2 Å². The van der Waals surface area contributed by atoms with E-state index >= 15 is 0 Å². The predicted molar refractivity (Wildman–Crippen MR) is 82.4 cm³/mol. The van der Waals surface area contributed by atoms with Crippen molar-refractivity contribution in [3.05, 3.63) is 64.1 Å². The van der Waals surface area contributed by atoms with E-state index in [1.165, 1.54) is 6.07 Å². The van der Waals surface area contributed by atoms with Gasteiger partial charge in [0, 0.05) is 23.2 Å². The Labute approximate surface area is 124 Å². The Morgan fingerprint density at radius 2 is 2.00 bits per heavy atom. The van der Waals surface area contributed by atoms with Gasteiger partial charge in [0.2, 0.25) is 0 Å². The second-order valence-corrected chi connectivity index (χ2v) is 5.47. The normalized spacial score (nSPS) is 10.9. The SMILES string of the molecule is Cc1oc2ccccc2c1CNc1ccc(Br)c(F)c1. The third-order valence-corrected chi connectivity index (χ3v) is 3.93. The van der Waals surface area contributed by atoms with E-state index in [4.69, 9.17) is 4.42 Å². The summed E-state index contributed by atoms with van der Waals surface area (Å²) in [6, 6.07) is 12.9. The van der Waals surface area contributed by atoms with Gasteiger partial charge in [0.05, 0.1) is 4.47 Å². The number of aryl methyl sites for hydroxylation is 1. The molecule has 20 heavy (non-hydrogen) atoms. The quantitative estimate of drug-likeness (QED) is 0.707. The lowest BCUT2D eigenvalue weighted by molar-refractivity contribution is 0.573. The van der Waals surface area contributed by atoms with Crippen molar-refractivity contribution in [2.75, 3.05) is 5.32 Å². The summed E-state index contributed by atoms with van der Waals surface area (Å²) in [5, 5.41) is 4.32. The minimum Gasteiger partial charge on any atom is -0.461 e. The van der Waals surface area contributed by atoms with Crippen LogP contribution in [0.15, 0.2) is 51.4 Å². The number of furan rings is 1. The molecule has 0 aliphatic heterocycles. The maximum Gasteiger partial charge on any atom is 0.139 e. The molecule has 0 bridgehead atoms. The molecule has 2 aromatic carbocycles. The van der Waals surface area contributed by atoms with Crippen LogP contribution in [0.25, 0.3) is 11.0 Å². The highest BCUT2D eigenvalue weighted by atomic mass is 79.9. The topological polar surface area (TPSA) is 25.2 Å². The number of hydrogen-bond acceptors (Lipinski definition) is 2. The Bertz CT molecular complexity index is 766. The van der Waals surface area contributed by atoms with Crippen LogP contribution in [0.3, 0.4) is 0 Å². The van der Waals surface area contributed by atoms with Gasteiger partial charge in [-0.05, 0) is 47.1 Å². The van der Waals surface area contributed by atoms with E-state index in [0.29, 0.717) is 11.0 Å². The van der Waals surface area contributed by atoms with Gasteiger partial charge in [-0.3, -0.25) is 0 Å². The molecule has 0 atom stereocenters. The fraction of sp³-hybridized carbons (Fsp3) is 0.125. The van der Waals surface area contributed by atoms with Crippen molar-refractivity contribution in [2.24, 2.45) is 0 Å². The highest BCUT2D eigenvalue weighted by Gasteiger charge is 2.10. The molecular formula is C16H13BrFNO. The van der Waals surface area contributed by atoms with Crippen LogP contribution in [-0.2, 0) is 6.54 Å². The van der Waals surface area contributed by atoms with Crippen molar-refractivity contribution in [3.8, 4) is 0 Å².